The molecule has 106 valence electrons. The number of nitrogens with one attached hydrogen (secondary N) is 1. The second-order valence-electron chi connectivity index (χ2n) is 4.99. The summed E-state index contributed by atoms with van der Waals surface area (Å²) in [6.45, 7) is 7.49. The van der Waals surface area contributed by atoms with Gasteiger partial charge in [-0.2, -0.15) is 4.98 Å². The van der Waals surface area contributed by atoms with Gasteiger partial charge < -0.3 is 14.8 Å². The van der Waals surface area contributed by atoms with Gasteiger partial charge in [-0.25, -0.2) is 4.79 Å². The monoisotopic (exact) mass is 287 g/mol. The Labute approximate surface area is 117 Å². The molecule has 0 saturated heterocycles. The topological polar surface area (TPSA) is 73.3 Å². The molecular formula is C12H18ClN3O3. The molecule has 1 amide bonds. The van der Waals surface area contributed by atoms with E-state index in [1.807, 2.05) is 0 Å². The first-order valence-electron chi connectivity index (χ1n) is 5.87. The summed E-state index contributed by atoms with van der Waals surface area (Å²) in [6, 6.07) is 0. The lowest BCUT2D eigenvalue weighted by Crippen LogP contribution is -2.37. The summed E-state index contributed by atoms with van der Waals surface area (Å²) in [4.78, 5) is 19.2. The normalized spacial score (nSPS) is 12.7. The zero-order valence-electron chi connectivity index (χ0n) is 11.4. The maximum absolute atomic E-state index is 11.4. The maximum Gasteiger partial charge on any atom is 0.407 e. The molecule has 1 N–H and O–H groups in total. The van der Waals surface area contributed by atoms with Crippen LogP contribution in [-0.2, 0) is 4.74 Å². The van der Waals surface area contributed by atoms with E-state index in [0.717, 1.165) is 0 Å². The smallest absolute Gasteiger partial charge is 0.407 e. The van der Waals surface area contributed by atoms with Crippen LogP contribution in [0.1, 0.15) is 27.7 Å². The lowest BCUT2D eigenvalue weighted by Gasteiger charge is -2.21. The highest BCUT2D eigenvalue weighted by atomic mass is 35.5. The molecule has 1 rings (SSSR count). The van der Waals surface area contributed by atoms with Gasteiger partial charge in [-0.05, 0) is 27.7 Å². The molecule has 7 heteroatoms. The summed E-state index contributed by atoms with van der Waals surface area (Å²) < 4.78 is 10.6. The van der Waals surface area contributed by atoms with Gasteiger partial charge in [0.05, 0.1) is 18.9 Å². The average molecular weight is 288 g/mol. The van der Waals surface area contributed by atoms with Gasteiger partial charge in [-0.3, -0.25) is 4.98 Å². The van der Waals surface area contributed by atoms with E-state index in [1.165, 1.54) is 12.4 Å². The number of alkyl carbamates (subject to hydrolysis) is 1. The van der Waals surface area contributed by atoms with Gasteiger partial charge in [0.15, 0.2) is 5.15 Å². The summed E-state index contributed by atoms with van der Waals surface area (Å²) in [5.41, 5.74) is -0.521. The molecule has 0 unspecified atom stereocenters. The average Bonchev–Trinajstić information content (AvgIpc) is 2.24. The Morgan fingerprint density at radius 1 is 1.47 bits per heavy atom. The van der Waals surface area contributed by atoms with Crippen LogP contribution in [0.2, 0.25) is 5.15 Å². The number of halogens is 1. The summed E-state index contributed by atoms with van der Waals surface area (Å²) in [5, 5.41) is 2.86. The zero-order chi connectivity index (χ0) is 14.5. The quantitative estimate of drug-likeness (QED) is 0.920. The van der Waals surface area contributed by atoms with Crippen LogP contribution in [0.3, 0.4) is 0 Å². The number of hydrogen-bond acceptors (Lipinski definition) is 5. The Hall–Kier alpha value is -1.56. The third-order valence-corrected chi connectivity index (χ3v) is 2.02. The number of aromatic nitrogens is 2. The Kier molecular flexibility index (Phi) is 5.35. The predicted molar refractivity (Wildman–Crippen MR) is 71.4 cm³/mol. The second kappa shape index (κ2) is 6.56. The van der Waals surface area contributed by atoms with Crippen LogP contribution >= 0.6 is 11.6 Å². The maximum atomic E-state index is 11.4. The minimum Gasteiger partial charge on any atom is -0.472 e. The Bertz CT molecular complexity index is 434. The van der Waals surface area contributed by atoms with Crippen LogP contribution in [-0.4, -0.2) is 34.3 Å². The number of carbonyl (C=O) groups excluding carboxylic acids is 1. The Morgan fingerprint density at radius 3 is 2.74 bits per heavy atom. The molecule has 1 heterocycles. The van der Waals surface area contributed by atoms with Crippen molar-refractivity contribution in [2.45, 2.75) is 39.4 Å². The van der Waals surface area contributed by atoms with Crippen molar-refractivity contribution >= 4 is 17.7 Å². The van der Waals surface area contributed by atoms with Crippen molar-refractivity contribution in [3.05, 3.63) is 17.5 Å². The molecule has 0 fully saturated rings. The standard InChI is InChI=1S/C12H18ClN3O3/c1-8(5-15-11(17)19-12(2,3)4)18-10-7-14-6-9(13)16-10/h6-8H,5H2,1-4H3,(H,15,17)/t8-/m0/s1. The highest BCUT2D eigenvalue weighted by Gasteiger charge is 2.16. The fourth-order valence-corrected chi connectivity index (χ4v) is 1.31. The van der Waals surface area contributed by atoms with Gasteiger partial charge in [-0.1, -0.05) is 11.6 Å². The van der Waals surface area contributed by atoms with Gasteiger partial charge in [0.2, 0.25) is 5.88 Å². The first kappa shape index (κ1) is 15.5. The minimum atomic E-state index is -0.521. The zero-order valence-corrected chi connectivity index (χ0v) is 12.2. The van der Waals surface area contributed by atoms with Crippen LogP contribution in [0.4, 0.5) is 4.79 Å². The van der Waals surface area contributed by atoms with Gasteiger partial charge in [0.1, 0.15) is 11.7 Å². The van der Waals surface area contributed by atoms with Crippen molar-refractivity contribution < 1.29 is 14.3 Å². The van der Waals surface area contributed by atoms with E-state index < -0.39 is 11.7 Å². The van der Waals surface area contributed by atoms with Crippen molar-refractivity contribution in [2.75, 3.05) is 6.54 Å². The first-order chi connectivity index (χ1) is 8.76. The van der Waals surface area contributed by atoms with E-state index in [-0.39, 0.29) is 11.3 Å². The van der Waals surface area contributed by atoms with E-state index >= 15 is 0 Å². The lowest BCUT2D eigenvalue weighted by molar-refractivity contribution is 0.0504. The largest absolute Gasteiger partial charge is 0.472 e. The van der Waals surface area contributed by atoms with Crippen molar-refractivity contribution in [1.29, 1.82) is 0 Å². The highest BCUT2D eigenvalue weighted by Crippen LogP contribution is 2.11. The SMILES string of the molecule is C[C@@H](CNC(=O)OC(C)(C)C)Oc1cncc(Cl)n1. The number of rotatable bonds is 4. The summed E-state index contributed by atoms with van der Waals surface area (Å²) >= 11 is 5.69. The van der Waals surface area contributed by atoms with Crippen LogP contribution < -0.4 is 10.1 Å². The fraction of sp³-hybridized carbons (Fsp3) is 0.583. The second-order valence-corrected chi connectivity index (χ2v) is 5.38. The third kappa shape index (κ3) is 6.81. The molecule has 0 radical (unpaired) electrons. The fourth-order valence-electron chi connectivity index (χ4n) is 1.17. The molecule has 0 aliphatic rings. The molecule has 0 aromatic carbocycles. The van der Waals surface area contributed by atoms with Crippen molar-refractivity contribution in [3.8, 4) is 5.88 Å². The minimum absolute atomic E-state index is 0.254. The number of amides is 1. The molecule has 1 aromatic heterocycles. The lowest BCUT2D eigenvalue weighted by atomic mass is 10.2. The van der Waals surface area contributed by atoms with Crippen molar-refractivity contribution in [2.24, 2.45) is 0 Å². The summed E-state index contributed by atoms with van der Waals surface area (Å²) in [7, 11) is 0. The third-order valence-electron chi connectivity index (χ3n) is 1.84. The van der Waals surface area contributed by atoms with E-state index in [1.54, 1.807) is 27.7 Å². The van der Waals surface area contributed by atoms with Crippen LogP contribution in [0.25, 0.3) is 0 Å². The number of carbonyl (C=O) groups is 1. The summed E-state index contributed by atoms with van der Waals surface area (Å²) in [6.07, 6.45) is 2.11. The molecule has 0 saturated carbocycles. The van der Waals surface area contributed by atoms with E-state index in [4.69, 9.17) is 21.1 Å². The highest BCUT2D eigenvalue weighted by molar-refractivity contribution is 6.29. The number of nitrogens with zero attached hydrogens (tertiary/aromatic N) is 2. The number of ether oxygens (including phenoxy) is 2. The van der Waals surface area contributed by atoms with E-state index in [9.17, 15) is 4.79 Å². The predicted octanol–water partition coefficient (Wildman–Crippen LogP) is 2.42. The Balaban J connectivity index is 2.36. The molecule has 19 heavy (non-hydrogen) atoms. The molecule has 0 aliphatic heterocycles. The van der Waals surface area contributed by atoms with Crippen LogP contribution in [0, 0.1) is 0 Å². The molecule has 0 aliphatic carbocycles. The van der Waals surface area contributed by atoms with E-state index in [2.05, 4.69) is 15.3 Å². The molecular weight excluding hydrogens is 270 g/mol. The van der Waals surface area contributed by atoms with Crippen LogP contribution in [0.5, 0.6) is 5.88 Å². The molecule has 0 spiro atoms. The van der Waals surface area contributed by atoms with Gasteiger partial charge in [0, 0.05) is 0 Å². The molecule has 1 atom stereocenters. The molecule has 1 aromatic rings. The van der Waals surface area contributed by atoms with Crippen molar-refractivity contribution in [1.82, 2.24) is 15.3 Å². The first-order valence-corrected chi connectivity index (χ1v) is 6.25. The summed E-state index contributed by atoms with van der Waals surface area (Å²) in [5.74, 6) is 0.311. The van der Waals surface area contributed by atoms with Crippen molar-refractivity contribution in [3.63, 3.8) is 0 Å². The molecule has 0 bridgehead atoms. The molecule has 6 nitrogen and oxygen atoms in total. The van der Waals surface area contributed by atoms with Gasteiger partial charge in [0.25, 0.3) is 0 Å². The van der Waals surface area contributed by atoms with E-state index in [0.29, 0.717) is 12.4 Å². The van der Waals surface area contributed by atoms with Gasteiger partial charge >= 0.3 is 6.09 Å². The Morgan fingerprint density at radius 2 is 2.16 bits per heavy atom. The van der Waals surface area contributed by atoms with Crippen LogP contribution in [0.15, 0.2) is 12.4 Å². The number of hydrogen-bond donors (Lipinski definition) is 1. The van der Waals surface area contributed by atoms with Gasteiger partial charge in [-0.15, -0.1) is 0 Å².